The minimum Gasteiger partial charge on any atom is -0.468 e. The molecule has 2 atom stereocenters. The Bertz CT molecular complexity index is 183. The summed E-state index contributed by atoms with van der Waals surface area (Å²) in [5.74, 6) is -0.345. The topological polar surface area (TPSA) is 58.6 Å². The van der Waals surface area contributed by atoms with Crippen LogP contribution in [0.3, 0.4) is 0 Å². The molecule has 2 N–H and O–H groups in total. The summed E-state index contributed by atoms with van der Waals surface area (Å²) in [5, 5.41) is 12.6. The van der Waals surface area contributed by atoms with Crippen molar-refractivity contribution in [2.45, 2.75) is 19.4 Å². The van der Waals surface area contributed by atoms with Crippen molar-refractivity contribution in [2.75, 3.05) is 20.2 Å². The Kier molecular flexibility index (Phi) is 2.69. The smallest absolute Gasteiger partial charge is 0.315 e. The van der Waals surface area contributed by atoms with Gasteiger partial charge in [0.15, 0.2) is 0 Å². The molecule has 0 aromatic heterocycles. The zero-order valence-electron chi connectivity index (χ0n) is 7.46. The minimum absolute atomic E-state index is 0.345. The number of carbonyl (C=O) groups is 1. The summed E-state index contributed by atoms with van der Waals surface area (Å²) in [7, 11) is 1.34. The highest BCUT2D eigenvalue weighted by Gasteiger charge is 2.43. The number of piperidine rings is 1. The van der Waals surface area contributed by atoms with Gasteiger partial charge in [-0.25, -0.2) is 0 Å². The summed E-state index contributed by atoms with van der Waals surface area (Å²) in [5.41, 5.74) is -0.771. The number of aliphatic hydroxyl groups is 1. The molecule has 4 nitrogen and oxygen atoms in total. The molecule has 1 rings (SSSR count). The molecule has 0 spiro atoms. The second-order valence-electron chi connectivity index (χ2n) is 3.39. The van der Waals surface area contributed by atoms with Crippen molar-refractivity contribution in [1.29, 1.82) is 0 Å². The Hall–Kier alpha value is -0.610. The van der Waals surface area contributed by atoms with Crippen LogP contribution in [0.25, 0.3) is 0 Å². The van der Waals surface area contributed by atoms with Gasteiger partial charge in [0.1, 0.15) is 5.41 Å². The summed E-state index contributed by atoms with van der Waals surface area (Å²) in [6.07, 6.45) is 0.0113. The molecule has 70 valence electrons. The predicted octanol–water partition coefficient (Wildman–Crippen LogP) is -0.480. The number of methoxy groups -OCH3 is 1. The standard InChI is InChI=1S/C8H15NO3/c1-8(7(11)12-2)5-9-4-3-6(8)10/h6,9-10H,3-5H2,1-2H3. The number of hydrogen-bond donors (Lipinski definition) is 2. The van der Waals surface area contributed by atoms with Gasteiger partial charge in [0.25, 0.3) is 0 Å². The van der Waals surface area contributed by atoms with Crippen LogP contribution in [0.2, 0.25) is 0 Å². The highest BCUT2D eigenvalue weighted by Crippen LogP contribution is 2.27. The Balaban J connectivity index is 2.72. The lowest BCUT2D eigenvalue weighted by molar-refractivity contribution is -0.160. The van der Waals surface area contributed by atoms with Gasteiger partial charge in [0, 0.05) is 6.54 Å². The summed E-state index contributed by atoms with van der Waals surface area (Å²) >= 11 is 0. The molecule has 1 fully saturated rings. The van der Waals surface area contributed by atoms with E-state index in [4.69, 9.17) is 0 Å². The van der Waals surface area contributed by atoms with E-state index in [1.54, 1.807) is 6.92 Å². The molecule has 1 aliphatic heterocycles. The van der Waals surface area contributed by atoms with Crippen molar-refractivity contribution < 1.29 is 14.6 Å². The molecule has 0 aromatic rings. The third-order valence-electron chi connectivity index (χ3n) is 2.47. The molecule has 1 saturated heterocycles. The molecule has 0 saturated carbocycles. The fraction of sp³-hybridized carbons (Fsp3) is 0.875. The normalized spacial score (nSPS) is 36.1. The van der Waals surface area contributed by atoms with Gasteiger partial charge in [-0.15, -0.1) is 0 Å². The third-order valence-corrected chi connectivity index (χ3v) is 2.47. The zero-order valence-corrected chi connectivity index (χ0v) is 7.46. The molecule has 1 heterocycles. The minimum atomic E-state index is -0.771. The van der Waals surface area contributed by atoms with Gasteiger partial charge < -0.3 is 15.2 Å². The maximum absolute atomic E-state index is 11.3. The van der Waals surface area contributed by atoms with Gasteiger partial charge in [-0.3, -0.25) is 4.79 Å². The van der Waals surface area contributed by atoms with Crippen LogP contribution in [-0.4, -0.2) is 37.4 Å². The monoisotopic (exact) mass is 173 g/mol. The molecular weight excluding hydrogens is 158 g/mol. The van der Waals surface area contributed by atoms with Crippen molar-refractivity contribution in [3.8, 4) is 0 Å². The molecular formula is C8H15NO3. The molecule has 12 heavy (non-hydrogen) atoms. The quantitative estimate of drug-likeness (QED) is 0.526. The van der Waals surface area contributed by atoms with E-state index in [-0.39, 0.29) is 5.97 Å². The number of carbonyl (C=O) groups excluding carboxylic acids is 1. The first-order valence-electron chi connectivity index (χ1n) is 4.08. The first kappa shape index (κ1) is 9.48. The highest BCUT2D eigenvalue weighted by molar-refractivity contribution is 5.77. The number of nitrogens with one attached hydrogen (secondary N) is 1. The van der Waals surface area contributed by atoms with Crippen molar-refractivity contribution >= 4 is 5.97 Å². The average molecular weight is 173 g/mol. The SMILES string of the molecule is COC(=O)C1(C)CNCCC1O. The number of hydrogen-bond acceptors (Lipinski definition) is 4. The summed E-state index contributed by atoms with van der Waals surface area (Å²) < 4.78 is 4.62. The zero-order chi connectivity index (χ0) is 9.19. The fourth-order valence-corrected chi connectivity index (χ4v) is 1.46. The summed E-state index contributed by atoms with van der Waals surface area (Å²) in [6, 6.07) is 0. The van der Waals surface area contributed by atoms with Gasteiger partial charge >= 0.3 is 5.97 Å². The van der Waals surface area contributed by atoms with E-state index in [1.807, 2.05) is 0 Å². The van der Waals surface area contributed by atoms with E-state index in [0.29, 0.717) is 13.0 Å². The Morgan fingerprint density at radius 3 is 2.92 bits per heavy atom. The molecule has 4 heteroatoms. The van der Waals surface area contributed by atoms with Crippen LogP contribution in [-0.2, 0) is 9.53 Å². The third kappa shape index (κ3) is 1.44. The number of esters is 1. The van der Waals surface area contributed by atoms with Gasteiger partial charge in [-0.2, -0.15) is 0 Å². The van der Waals surface area contributed by atoms with Gasteiger partial charge in [-0.1, -0.05) is 0 Å². The second kappa shape index (κ2) is 3.41. The van der Waals surface area contributed by atoms with Crippen LogP contribution < -0.4 is 5.32 Å². The molecule has 0 amide bonds. The largest absolute Gasteiger partial charge is 0.468 e. The van der Waals surface area contributed by atoms with Crippen molar-refractivity contribution in [1.82, 2.24) is 5.32 Å². The Morgan fingerprint density at radius 1 is 1.75 bits per heavy atom. The number of ether oxygens (including phenoxy) is 1. The molecule has 0 radical (unpaired) electrons. The van der Waals surface area contributed by atoms with Crippen molar-refractivity contribution in [3.05, 3.63) is 0 Å². The second-order valence-corrected chi connectivity index (χ2v) is 3.39. The van der Waals surface area contributed by atoms with Crippen LogP contribution >= 0.6 is 0 Å². The summed E-state index contributed by atoms with van der Waals surface area (Å²) in [4.78, 5) is 11.3. The van der Waals surface area contributed by atoms with Crippen LogP contribution in [0.4, 0.5) is 0 Å². The van der Waals surface area contributed by atoms with Crippen LogP contribution in [0.15, 0.2) is 0 Å². The maximum Gasteiger partial charge on any atom is 0.315 e. The van der Waals surface area contributed by atoms with Gasteiger partial charge in [0.2, 0.25) is 0 Å². The van der Waals surface area contributed by atoms with Gasteiger partial charge in [0.05, 0.1) is 13.2 Å². The highest BCUT2D eigenvalue weighted by atomic mass is 16.5. The maximum atomic E-state index is 11.3. The van der Waals surface area contributed by atoms with E-state index in [2.05, 4.69) is 10.1 Å². The van der Waals surface area contributed by atoms with E-state index in [0.717, 1.165) is 6.54 Å². The van der Waals surface area contributed by atoms with E-state index < -0.39 is 11.5 Å². The first-order chi connectivity index (χ1) is 5.61. The van der Waals surface area contributed by atoms with Crippen molar-refractivity contribution in [2.24, 2.45) is 5.41 Å². The lowest BCUT2D eigenvalue weighted by Crippen LogP contribution is -2.53. The number of rotatable bonds is 1. The summed E-state index contributed by atoms with van der Waals surface area (Å²) in [6.45, 7) is 2.96. The molecule has 1 aliphatic rings. The van der Waals surface area contributed by atoms with E-state index in [9.17, 15) is 9.90 Å². The average Bonchev–Trinajstić information content (AvgIpc) is 2.09. The van der Waals surface area contributed by atoms with Crippen LogP contribution in [0.1, 0.15) is 13.3 Å². The lowest BCUT2D eigenvalue weighted by Gasteiger charge is -2.35. The Labute approximate surface area is 71.9 Å². The molecule has 0 bridgehead atoms. The van der Waals surface area contributed by atoms with Crippen LogP contribution in [0.5, 0.6) is 0 Å². The van der Waals surface area contributed by atoms with Crippen LogP contribution in [0, 0.1) is 5.41 Å². The lowest BCUT2D eigenvalue weighted by atomic mass is 9.80. The van der Waals surface area contributed by atoms with Gasteiger partial charge in [-0.05, 0) is 19.9 Å². The fourth-order valence-electron chi connectivity index (χ4n) is 1.46. The molecule has 0 aromatic carbocycles. The molecule has 0 aliphatic carbocycles. The van der Waals surface area contributed by atoms with E-state index in [1.165, 1.54) is 7.11 Å². The predicted molar refractivity (Wildman–Crippen MR) is 43.6 cm³/mol. The van der Waals surface area contributed by atoms with E-state index >= 15 is 0 Å². The van der Waals surface area contributed by atoms with Crippen molar-refractivity contribution in [3.63, 3.8) is 0 Å². The molecule has 2 unspecified atom stereocenters. The number of aliphatic hydroxyl groups excluding tert-OH is 1. The Morgan fingerprint density at radius 2 is 2.42 bits per heavy atom. The first-order valence-corrected chi connectivity index (χ1v) is 4.08.